The second kappa shape index (κ2) is 8.26. The normalized spacial score (nSPS) is 14.7. The third-order valence-corrected chi connectivity index (χ3v) is 3.68. The van der Waals surface area contributed by atoms with E-state index in [1.54, 1.807) is 0 Å². The molecule has 1 rings (SSSR count). The molecule has 1 aromatic carbocycles. The van der Waals surface area contributed by atoms with Gasteiger partial charge in [-0.15, -0.1) is 0 Å². The lowest BCUT2D eigenvalue weighted by atomic mass is 10.2. The van der Waals surface area contributed by atoms with Crippen molar-refractivity contribution in [3.8, 4) is 0 Å². The average molecular weight is 350 g/mol. The molecule has 0 aliphatic rings. The fourth-order valence-electron chi connectivity index (χ4n) is 1.48. The Balaban J connectivity index is 2.22. The molecule has 0 bridgehead atoms. The maximum absolute atomic E-state index is 5.80. The highest BCUT2D eigenvalue weighted by Gasteiger charge is 2.09. The van der Waals surface area contributed by atoms with Gasteiger partial charge < -0.3 is 4.74 Å². The molecule has 0 fully saturated rings. The van der Waals surface area contributed by atoms with Crippen LogP contribution in [0.3, 0.4) is 0 Å². The average Bonchev–Trinajstić information content (AvgIpc) is 2.28. The van der Waals surface area contributed by atoms with Crippen LogP contribution in [0.4, 0.5) is 0 Å². The standard InChI is InChI=1S/C13H18Br2O/c1-11(9-13(15)7-8-14)16-10-12-5-3-2-4-6-12/h2-6,11,13H,7-10H2,1H3. The van der Waals surface area contributed by atoms with Crippen molar-refractivity contribution in [2.75, 3.05) is 5.33 Å². The number of halogens is 2. The van der Waals surface area contributed by atoms with Crippen molar-refractivity contribution in [1.82, 2.24) is 0 Å². The summed E-state index contributed by atoms with van der Waals surface area (Å²) in [7, 11) is 0. The largest absolute Gasteiger partial charge is 0.374 e. The third kappa shape index (κ3) is 6.02. The lowest BCUT2D eigenvalue weighted by Crippen LogP contribution is -2.14. The molecule has 1 nitrogen and oxygen atoms in total. The zero-order valence-electron chi connectivity index (χ0n) is 9.53. The summed E-state index contributed by atoms with van der Waals surface area (Å²) in [6.07, 6.45) is 2.49. The van der Waals surface area contributed by atoms with Gasteiger partial charge >= 0.3 is 0 Å². The molecule has 1 aromatic rings. The predicted molar refractivity (Wildman–Crippen MR) is 76.4 cm³/mol. The Labute approximate surface area is 115 Å². The molecule has 0 heterocycles. The number of benzene rings is 1. The molecule has 2 unspecified atom stereocenters. The molecule has 2 atom stereocenters. The predicted octanol–water partition coefficient (Wildman–Crippen LogP) is 4.53. The first-order chi connectivity index (χ1) is 7.72. The first-order valence-electron chi connectivity index (χ1n) is 5.58. The van der Waals surface area contributed by atoms with Gasteiger partial charge in [-0.25, -0.2) is 0 Å². The number of rotatable bonds is 7. The van der Waals surface area contributed by atoms with E-state index >= 15 is 0 Å². The third-order valence-electron chi connectivity index (χ3n) is 2.39. The van der Waals surface area contributed by atoms with Gasteiger partial charge in [0.05, 0.1) is 12.7 Å². The topological polar surface area (TPSA) is 9.23 Å². The molecule has 0 spiro atoms. The van der Waals surface area contributed by atoms with Crippen molar-refractivity contribution in [3.05, 3.63) is 35.9 Å². The van der Waals surface area contributed by atoms with Crippen LogP contribution in [-0.2, 0) is 11.3 Å². The fraction of sp³-hybridized carbons (Fsp3) is 0.538. The van der Waals surface area contributed by atoms with E-state index in [0.717, 1.165) is 18.2 Å². The maximum Gasteiger partial charge on any atom is 0.0720 e. The highest BCUT2D eigenvalue weighted by atomic mass is 79.9. The molecular formula is C13H18Br2O. The van der Waals surface area contributed by atoms with Crippen LogP contribution in [0.5, 0.6) is 0 Å². The Morgan fingerprint density at radius 2 is 1.94 bits per heavy atom. The lowest BCUT2D eigenvalue weighted by Gasteiger charge is -2.16. The van der Waals surface area contributed by atoms with E-state index in [-0.39, 0.29) is 0 Å². The second-order valence-corrected chi connectivity index (χ2v) is 6.01. The van der Waals surface area contributed by atoms with Gasteiger partial charge in [-0.1, -0.05) is 62.2 Å². The van der Waals surface area contributed by atoms with Gasteiger partial charge in [-0.2, -0.15) is 0 Å². The summed E-state index contributed by atoms with van der Waals surface area (Å²) in [5, 5.41) is 1.04. The van der Waals surface area contributed by atoms with E-state index in [9.17, 15) is 0 Å². The van der Waals surface area contributed by atoms with Gasteiger partial charge in [0.2, 0.25) is 0 Å². The Hall–Kier alpha value is 0.140. The van der Waals surface area contributed by atoms with E-state index in [1.165, 1.54) is 5.56 Å². The Bertz CT molecular complexity index is 277. The van der Waals surface area contributed by atoms with Crippen LogP contribution in [-0.4, -0.2) is 16.3 Å². The van der Waals surface area contributed by atoms with Crippen molar-refractivity contribution >= 4 is 31.9 Å². The summed E-state index contributed by atoms with van der Waals surface area (Å²) >= 11 is 7.10. The van der Waals surface area contributed by atoms with Gasteiger partial charge in [0.15, 0.2) is 0 Å². The molecule has 0 saturated carbocycles. The first kappa shape index (κ1) is 14.2. The SMILES string of the molecule is CC(CC(Br)CCBr)OCc1ccccc1. The molecule has 0 aliphatic heterocycles. The maximum atomic E-state index is 5.80. The van der Waals surface area contributed by atoms with Crippen LogP contribution < -0.4 is 0 Å². The number of alkyl halides is 2. The molecule has 0 saturated heterocycles. The summed E-state index contributed by atoms with van der Waals surface area (Å²) in [4.78, 5) is 0.539. The molecule has 0 aliphatic carbocycles. The van der Waals surface area contributed by atoms with Crippen LogP contribution in [0.25, 0.3) is 0 Å². The minimum atomic E-state index is 0.295. The Morgan fingerprint density at radius 1 is 1.25 bits per heavy atom. The summed E-state index contributed by atoms with van der Waals surface area (Å²) in [5.74, 6) is 0. The summed E-state index contributed by atoms with van der Waals surface area (Å²) < 4.78 is 5.80. The van der Waals surface area contributed by atoms with E-state index in [2.05, 4.69) is 50.9 Å². The number of ether oxygens (including phenoxy) is 1. The molecular weight excluding hydrogens is 332 g/mol. The van der Waals surface area contributed by atoms with E-state index in [1.807, 2.05) is 18.2 Å². The molecule has 90 valence electrons. The van der Waals surface area contributed by atoms with Crippen LogP contribution in [0.2, 0.25) is 0 Å². The van der Waals surface area contributed by atoms with Crippen LogP contribution in [0.1, 0.15) is 25.3 Å². The molecule has 0 aromatic heterocycles. The zero-order chi connectivity index (χ0) is 11.8. The second-order valence-electron chi connectivity index (χ2n) is 3.92. The van der Waals surface area contributed by atoms with Crippen molar-refractivity contribution in [1.29, 1.82) is 0 Å². The van der Waals surface area contributed by atoms with E-state index < -0.39 is 0 Å². The van der Waals surface area contributed by atoms with Crippen molar-refractivity contribution in [2.45, 2.75) is 37.3 Å². The number of hydrogen-bond acceptors (Lipinski definition) is 1. The molecule has 0 radical (unpaired) electrons. The van der Waals surface area contributed by atoms with Gasteiger partial charge in [0.1, 0.15) is 0 Å². The van der Waals surface area contributed by atoms with Crippen LogP contribution in [0.15, 0.2) is 30.3 Å². The van der Waals surface area contributed by atoms with Crippen molar-refractivity contribution in [2.24, 2.45) is 0 Å². The van der Waals surface area contributed by atoms with Gasteiger partial charge in [-0.3, -0.25) is 0 Å². The molecule has 3 heteroatoms. The van der Waals surface area contributed by atoms with Gasteiger partial charge in [0.25, 0.3) is 0 Å². The zero-order valence-corrected chi connectivity index (χ0v) is 12.7. The van der Waals surface area contributed by atoms with Crippen LogP contribution >= 0.6 is 31.9 Å². The molecule has 16 heavy (non-hydrogen) atoms. The minimum Gasteiger partial charge on any atom is -0.374 e. The minimum absolute atomic E-state index is 0.295. The van der Waals surface area contributed by atoms with E-state index in [4.69, 9.17) is 4.74 Å². The fourth-order valence-corrected chi connectivity index (χ4v) is 3.40. The Kier molecular flexibility index (Phi) is 7.33. The van der Waals surface area contributed by atoms with Crippen molar-refractivity contribution < 1.29 is 4.74 Å². The van der Waals surface area contributed by atoms with Gasteiger partial charge in [-0.05, 0) is 25.3 Å². The highest BCUT2D eigenvalue weighted by Crippen LogP contribution is 2.16. The number of hydrogen-bond donors (Lipinski definition) is 0. The Morgan fingerprint density at radius 3 is 2.56 bits per heavy atom. The quantitative estimate of drug-likeness (QED) is 0.657. The molecule has 0 N–H and O–H groups in total. The summed E-state index contributed by atoms with van der Waals surface area (Å²) in [6, 6.07) is 10.3. The highest BCUT2D eigenvalue weighted by molar-refractivity contribution is 9.10. The first-order valence-corrected chi connectivity index (χ1v) is 7.61. The monoisotopic (exact) mass is 348 g/mol. The lowest BCUT2D eigenvalue weighted by molar-refractivity contribution is 0.0476. The van der Waals surface area contributed by atoms with Crippen molar-refractivity contribution in [3.63, 3.8) is 0 Å². The van der Waals surface area contributed by atoms with E-state index in [0.29, 0.717) is 17.5 Å². The smallest absolute Gasteiger partial charge is 0.0720 e. The summed E-state index contributed by atoms with van der Waals surface area (Å²) in [6.45, 7) is 2.83. The molecule has 0 amide bonds. The van der Waals surface area contributed by atoms with Gasteiger partial charge in [0, 0.05) is 10.2 Å². The van der Waals surface area contributed by atoms with Crippen LogP contribution in [0, 0.1) is 0 Å². The summed E-state index contributed by atoms with van der Waals surface area (Å²) in [5.41, 5.74) is 1.24.